The van der Waals surface area contributed by atoms with Crippen LogP contribution in [0.15, 0.2) is 12.3 Å². The van der Waals surface area contributed by atoms with E-state index in [2.05, 4.69) is 11.3 Å². The molecule has 0 saturated heterocycles. The molecule has 0 fully saturated rings. The van der Waals surface area contributed by atoms with Crippen molar-refractivity contribution < 1.29 is 21.5 Å². The number of aliphatic hydroxyl groups excluding tert-OH is 1. The summed E-state index contributed by atoms with van der Waals surface area (Å²) in [6, 6.07) is 0. The second-order valence-corrected chi connectivity index (χ2v) is 3.58. The maximum atomic E-state index is 12.2. The summed E-state index contributed by atoms with van der Waals surface area (Å²) >= 11 is -5.30. The first kappa shape index (κ1) is 12.6. The van der Waals surface area contributed by atoms with Gasteiger partial charge in [0.1, 0.15) is 5.76 Å². The monoisotopic (exact) mass is 219 g/mol. The molecule has 80 valence electrons. The van der Waals surface area contributed by atoms with Crippen molar-refractivity contribution in [3.05, 3.63) is 12.3 Å². The highest BCUT2D eigenvalue weighted by Crippen LogP contribution is 2.56. The van der Waals surface area contributed by atoms with Crippen molar-refractivity contribution in [2.75, 3.05) is 26.8 Å². The number of methoxy groups -OCH3 is 1. The van der Waals surface area contributed by atoms with E-state index in [0.717, 1.165) is 0 Å². The minimum Gasteiger partial charge on any atom is -0.512 e. The van der Waals surface area contributed by atoms with Gasteiger partial charge < -0.3 is 9.84 Å². The van der Waals surface area contributed by atoms with Gasteiger partial charge in [-0.15, -0.1) is 11.7 Å². The normalized spacial score (nSPS) is 13.3. The van der Waals surface area contributed by atoms with Gasteiger partial charge in [-0.25, -0.2) is 0 Å². The van der Waals surface area contributed by atoms with E-state index in [1.165, 1.54) is 7.11 Å². The summed E-state index contributed by atoms with van der Waals surface area (Å²) in [4.78, 5) is 0. The summed E-state index contributed by atoms with van der Waals surface area (Å²) in [6.45, 7) is 2.11. The number of hydrogen-bond donors (Lipinski definition) is 1. The summed E-state index contributed by atoms with van der Waals surface area (Å²) in [5.41, 5.74) is 0. The molecule has 0 rings (SSSR count). The lowest BCUT2D eigenvalue weighted by Crippen LogP contribution is -2.27. The van der Waals surface area contributed by atoms with E-state index in [1.807, 2.05) is 0 Å². The number of halogens is 3. The van der Waals surface area contributed by atoms with E-state index in [9.17, 15) is 11.7 Å². The predicted octanol–water partition coefficient (Wildman–Crippen LogP) is 2.38. The Bertz CT molecular complexity index is 174. The van der Waals surface area contributed by atoms with Crippen molar-refractivity contribution in [3.8, 4) is 0 Å². The molecule has 0 amide bonds. The Morgan fingerprint density at radius 2 is 2.08 bits per heavy atom. The van der Waals surface area contributed by atoms with Crippen LogP contribution in [0.3, 0.4) is 0 Å². The first-order valence-electron chi connectivity index (χ1n) is 3.41. The van der Waals surface area contributed by atoms with Gasteiger partial charge in [-0.2, -0.15) is 4.31 Å². The number of rotatable bonds is 6. The highest BCUT2D eigenvalue weighted by molar-refractivity contribution is 8.18. The molecule has 0 bridgehead atoms. The largest absolute Gasteiger partial charge is 0.512 e. The molecule has 0 aromatic carbocycles. The molecule has 0 aliphatic heterocycles. The molecule has 0 aliphatic carbocycles. The molecule has 0 aliphatic rings. The van der Waals surface area contributed by atoms with Crippen molar-refractivity contribution in [2.24, 2.45) is 0 Å². The average Bonchev–Trinajstić information content (AvgIpc) is 1.95. The topological polar surface area (TPSA) is 32.7 Å². The molecule has 0 heterocycles. The molecular weight excluding hydrogens is 207 g/mol. The van der Waals surface area contributed by atoms with Crippen LogP contribution >= 0.6 is 11.4 Å². The zero-order valence-electron chi connectivity index (χ0n) is 7.17. The Morgan fingerprint density at radius 3 is 2.38 bits per heavy atom. The minimum atomic E-state index is -5.30. The molecule has 0 radical (unpaired) electrons. The van der Waals surface area contributed by atoms with Crippen LogP contribution < -0.4 is 0 Å². The zero-order valence-corrected chi connectivity index (χ0v) is 7.99. The molecule has 0 unspecified atom stereocenters. The van der Waals surface area contributed by atoms with Crippen molar-refractivity contribution in [2.45, 2.75) is 0 Å². The van der Waals surface area contributed by atoms with Crippen LogP contribution in [0.5, 0.6) is 0 Å². The van der Waals surface area contributed by atoms with E-state index in [1.54, 1.807) is 0 Å². The van der Waals surface area contributed by atoms with E-state index < -0.39 is 23.7 Å². The van der Waals surface area contributed by atoms with Gasteiger partial charge in [0.15, 0.2) is 0 Å². The van der Waals surface area contributed by atoms with Crippen molar-refractivity contribution in [1.82, 2.24) is 4.31 Å². The number of nitrogens with zero attached hydrogens (tertiary/aromatic N) is 1. The first-order chi connectivity index (χ1) is 5.88. The maximum absolute atomic E-state index is 12.2. The highest BCUT2D eigenvalue weighted by atomic mass is 32.3. The molecule has 1 N–H and O–H groups in total. The van der Waals surface area contributed by atoms with Gasteiger partial charge in [0.2, 0.25) is 0 Å². The Balaban J connectivity index is 4.11. The molecular formula is C6H12F3NO2S. The summed E-state index contributed by atoms with van der Waals surface area (Å²) in [6.07, 6.45) is 0. The van der Waals surface area contributed by atoms with E-state index in [0.29, 0.717) is 0 Å². The Labute approximate surface area is 77.1 Å². The Kier molecular flexibility index (Phi) is 5.19. The number of ether oxygens (including phenoxy) is 1. The SMILES string of the molecule is C=C(O)CN(CCOC)S(F)(F)F. The molecule has 13 heavy (non-hydrogen) atoms. The fourth-order valence-electron chi connectivity index (χ4n) is 0.652. The molecule has 0 saturated carbocycles. The van der Waals surface area contributed by atoms with Crippen LogP contribution in [-0.4, -0.2) is 36.2 Å². The first-order valence-corrected chi connectivity index (χ1v) is 4.70. The second-order valence-electron chi connectivity index (χ2n) is 2.30. The summed E-state index contributed by atoms with van der Waals surface area (Å²) in [5, 5.41) is 8.62. The maximum Gasteiger partial charge on any atom is 0.278 e. The molecule has 0 aromatic rings. The lowest BCUT2D eigenvalue weighted by Gasteiger charge is -2.25. The Hall–Kier alpha value is -0.400. The quantitative estimate of drug-likeness (QED) is 0.696. The highest BCUT2D eigenvalue weighted by Gasteiger charge is 2.31. The molecule has 0 spiro atoms. The third kappa shape index (κ3) is 5.78. The standard InChI is InChI=1S/C6H12F3NO2S/c1-6(11)5-10(3-4-12-2)13(7,8)9/h11H,1,3-5H2,2H3. The van der Waals surface area contributed by atoms with Crippen LogP contribution in [0, 0.1) is 0 Å². The van der Waals surface area contributed by atoms with E-state index in [-0.39, 0.29) is 17.5 Å². The van der Waals surface area contributed by atoms with E-state index >= 15 is 0 Å². The zero-order chi connectivity index (χ0) is 10.5. The van der Waals surface area contributed by atoms with Crippen molar-refractivity contribution in [1.29, 1.82) is 0 Å². The van der Waals surface area contributed by atoms with Gasteiger partial charge in [0.05, 0.1) is 13.2 Å². The molecule has 0 atom stereocenters. The van der Waals surface area contributed by atoms with Crippen molar-refractivity contribution >= 4 is 11.4 Å². The van der Waals surface area contributed by atoms with Crippen LogP contribution in [0.1, 0.15) is 0 Å². The van der Waals surface area contributed by atoms with Gasteiger partial charge in [0, 0.05) is 13.7 Å². The van der Waals surface area contributed by atoms with E-state index in [4.69, 9.17) is 5.11 Å². The predicted molar refractivity (Wildman–Crippen MR) is 46.1 cm³/mol. The van der Waals surface area contributed by atoms with Gasteiger partial charge >= 0.3 is 0 Å². The summed E-state index contributed by atoms with van der Waals surface area (Å²) in [5.74, 6) is -0.499. The second kappa shape index (κ2) is 5.36. The third-order valence-corrected chi connectivity index (χ3v) is 2.09. The smallest absolute Gasteiger partial charge is 0.278 e. The lowest BCUT2D eigenvalue weighted by atomic mass is 10.5. The minimum absolute atomic E-state index is 0.0280. The van der Waals surface area contributed by atoms with Crippen LogP contribution in [0.2, 0.25) is 0 Å². The molecule has 0 aromatic heterocycles. The fraction of sp³-hybridized carbons (Fsp3) is 0.667. The van der Waals surface area contributed by atoms with Crippen LogP contribution in [0.4, 0.5) is 11.7 Å². The van der Waals surface area contributed by atoms with Crippen LogP contribution in [-0.2, 0) is 4.74 Å². The lowest BCUT2D eigenvalue weighted by molar-refractivity contribution is 0.174. The third-order valence-electron chi connectivity index (χ3n) is 1.20. The Morgan fingerprint density at radius 1 is 1.54 bits per heavy atom. The van der Waals surface area contributed by atoms with Crippen LogP contribution in [0.25, 0.3) is 0 Å². The fourth-order valence-corrected chi connectivity index (χ4v) is 1.23. The van der Waals surface area contributed by atoms with Crippen molar-refractivity contribution in [3.63, 3.8) is 0 Å². The number of aliphatic hydroxyl groups is 1. The average molecular weight is 219 g/mol. The van der Waals surface area contributed by atoms with Gasteiger partial charge in [-0.1, -0.05) is 6.58 Å². The molecule has 3 nitrogen and oxygen atoms in total. The summed E-state index contributed by atoms with van der Waals surface area (Å²) in [7, 11) is 1.32. The number of hydrogen-bond acceptors (Lipinski definition) is 3. The molecule has 7 heteroatoms. The van der Waals surface area contributed by atoms with Gasteiger partial charge in [-0.3, -0.25) is 0 Å². The summed E-state index contributed by atoms with van der Waals surface area (Å²) < 4.78 is 41.3. The van der Waals surface area contributed by atoms with Gasteiger partial charge in [0.25, 0.3) is 11.4 Å². The van der Waals surface area contributed by atoms with Gasteiger partial charge in [-0.05, 0) is 0 Å².